The maximum Gasteiger partial charge on any atom is 0.416 e. The quantitative estimate of drug-likeness (QED) is 0.338. The molecule has 1 aliphatic heterocycles. The molecule has 2 aromatic carbocycles. The highest BCUT2D eigenvalue weighted by Gasteiger charge is 2.37. The number of halogens is 6. The van der Waals surface area contributed by atoms with E-state index in [1.54, 1.807) is 31.2 Å². The maximum atomic E-state index is 13.4. The molecule has 37 heavy (non-hydrogen) atoms. The molecule has 1 unspecified atom stereocenters. The zero-order chi connectivity index (χ0) is 27.2. The Hall–Kier alpha value is -2.99. The van der Waals surface area contributed by atoms with Crippen LogP contribution in [-0.2, 0) is 17.1 Å². The van der Waals surface area contributed by atoms with E-state index in [1.807, 2.05) is 4.90 Å². The van der Waals surface area contributed by atoms with Crippen molar-refractivity contribution in [1.82, 2.24) is 15.2 Å². The minimum absolute atomic E-state index is 0.0317. The van der Waals surface area contributed by atoms with Crippen LogP contribution in [-0.4, -0.2) is 55.0 Å². The van der Waals surface area contributed by atoms with Crippen molar-refractivity contribution in [3.63, 3.8) is 0 Å². The average molecular weight is 533 g/mol. The van der Waals surface area contributed by atoms with Crippen LogP contribution in [0.5, 0.6) is 5.75 Å². The predicted molar refractivity (Wildman–Crippen MR) is 127 cm³/mol. The number of ether oxygens (including phenoxy) is 1. The SMILES string of the molecule is CCCN1CCN(C(C(=O)NNc2cc(C(F)(F)F)cc(C(F)(F)F)c2)c2ccccc2OCC)CC1. The molecule has 2 aromatic rings. The summed E-state index contributed by atoms with van der Waals surface area (Å²) in [6, 6.07) is 7.10. The van der Waals surface area contributed by atoms with E-state index in [2.05, 4.69) is 22.7 Å². The smallest absolute Gasteiger partial charge is 0.416 e. The number of benzene rings is 2. The standard InChI is InChI=1S/C25H30F6N4O2/c1-3-9-34-10-12-35(13-11-34)22(20-7-5-6-8-21(20)37-4-2)23(36)33-32-19-15-17(24(26,27)28)14-18(16-19)25(29,30)31/h5-8,14-16,22,32H,3-4,9-13H2,1-2H3,(H,33,36). The van der Waals surface area contributed by atoms with Crippen molar-refractivity contribution >= 4 is 11.6 Å². The number of anilines is 1. The minimum atomic E-state index is -5.00. The van der Waals surface area contributed by atoms with E-state index in [0.717, 1.165) is 13.0 Å². The summed E-state index contributed by atoms with van der Waals surface area (Å²) < 4.78 is 85.0. The Morgan fingerprint density at radius 1 is 0.946 bits per heavy atom. The van der Waals surface area contributed by atoms with E-state index in [4.69, 9.17) is 4.74 Å². The van der Waals surface area contributed by atoms with E-state index >= 15 is 0 Å². The van der Waals surface area contributed by atoms with Crippen molar-refractivity contribution in [1.29, 1.82) is 0 Å². The first-order valence-corrected chi connectivity index (χ1v) is 12.0. The monoisotopic (exact) mass is 532 g/mol. The number of nitrogens with one attached hydrogen (secondary N) is 2. The second-order valence-corrected chi connectivity index (χ2v) is 8.66. The van der Waals surface area contributed by atoms with Crippen LogP contribution in [0.4, 0.5) is 32.0 Å². The van der Waals surface area contributed by atoms with Crippen LogP contribution < -0.4 is 15.6 Å². The Balaban J connectivity index is 1.88. The van der Waals surface area contributed by atoms with Gasteiger partial charge in [-0.05, 0) is 44.2 Å². The van der Waals surface area contributed by atoms with Gasteiger partial charge in [-0.2, -0.15) is 26.3 Å². The Morgan fingerprint density at radius 3 is 2.08 bits per heavy atom. The molecular formula is C25H30F6N4O2. The fraction of sp³-hybridized carbons (Fsp3) is 0.480. The Labute approximate surface area is 211 Å². The van der Waals surface area contributed by atoms with Gasteiger partial charge in [-0.1, -0.05) is 25.1 Å². The highest BCUT2D eigenvalue weighted by molar-refractivity contribution is 5.85. The second-order valence-electron chi connectivity index (χ2n) is 8.66. The number of nitrogens with zero attached hydrogens (tertiary/aromatic N) is 2. The lowest BCUT2D eigenvalue weighted by Crippen LogP contribution is -2.51. The molecule has 1 saturated heterocycles. The second kappa shape index (κ2) is 12.0. The third-order valence-electron chi connectivity index (χ3n) is 5.99. The van der Waals surface area contributed by atoms with Crippen molar-refractivity contribution in [3.8, 4) is 5.75 Å². The van der Waals surface area contributed by atoms with Crippen LogP contribution in [0.2, 0.25) is 0 Å². The minimum Gasteiger partial charge on any atom is -0.494 e. The molecule has 1 heterocycles. The first-order valence-electron chi connectivity index (χ1n) is 12.0. The normalized spacial score (nSPS) is 16.3. The van der Waals surface area contributed by atoms with Crippen molar-refractivity contribution in [2.24, 2.45) is 0 Å². The van der Waals surface area contributed by atoms with E-state index < -0.39 is 41.1 Å². The van der Waals surface area contributed by atoms with E-state index in [0.29, 0.717) is 56.2 Å². The zero-order valence-electron chi connectivity index (χ0n) is 20.5. The van der Waals surface area contributed by atoms with E-state index in [-0.39, 0.29) is 6.07 Å². The van der Waals surface area contributed by atoms with Gasteiger partial charge >= 0.3 is 12.4 Å². The van der Waals surface area contributed by atoms with Gasteiger partial charge in [0.05, 0.1) is 23.4 Å². The summed E-state index contributed by atoms with van der Waals surface area (Å²) in [5.41, 5.74) is 1.63. The molecule has 12 heteroatoms. The fourth-order valence-electron chi connectivity index (χ4n) is 4.29. The summed E-state index contributed by atoms with van der Waals surface area (Å²) >= 11 is 0. The van der Waals surface area contributed by atoms with Gasteiger partial charge in [-0.15, -0.1) is 0 Å². The first-order chi connectivity index (χ1) is 17.4. The molecule has 0 spiro atoms. The lowest BCUT2D eigenvalue weighted by atomic mass is 10.0. The van der Waals surface area contributed by atoms with Crippen molar-refractivity contribution in [2.45, 2.75) is 38.7 Å². The molecule has 0 bridgehead atoms. The Bertz CT molecular complexity index is 1020. The van der Waals surface area contributed by atoms with Gasteiger partial charge in [0, 0.05) is 31.7 Å². The summed E-state index contributed by atoms with van der Waals surface area (Å²) in [5.74, 6) is -0.165. The molecular weight excluding hydrogens is 502 g/mol. The van der Waals surface area contributed by atoms with Crippen molar-refractivity contribution in [2.75, 3.05) is 44.8 Å². The molecule has 0 aliphatic carbocycles. The summed E-state index contributed by atoms with van der Waals surface area (Å²) in [6.07, 6.45) is -9.02. The van der Waals surface area contributed by atoms with Gasteiger partial charge in [0.15, 0.2) is 0 Å². The molecule has 1 aliphatic rings. The maximum absolute atomic E-state index is 13.4. The summed E-state index contributed by atoms with van der Waals surface area (Å²) in [7, 11) is 0. The Kier molecular flexibility index (Phi) is 9.30. The largest absolute Gasteiger partial charge is 0.494 e. The van der Waals surface area contributed by atoms with Crippen LogP contribution in [0.3, 0.4) is 0 Å². The average Bonchev–Trinajstić information content (AvgIpc) is 2.84. The number of carbonyl (C=O) groups excluding carboxylic acids is 1. The number of hydrazine groups is 1. The van der Waals surface area contributed by atoms with Gasteiger partial charge in [0.25, 0.3) is 5.91 Å². The lowest BCUT2D eigenvalue weighted by Gasteiger charge is -2.39. The van der Waals surface area contributed by atoms with Gasteiger partial charge in [-0.3, -0.25) is 20.5 Å². The van der Waals surface area contributed by atoms with Crippen LogP contribution in [0.15, 0.2) is 42.5 Å². The van der Waals surface area contributed by atoms with E-state index in [9.17, 15) is 31.1 Å². The molecule has 0 saturated carbocycles. The van der Waals surface area contributed by atoms with Crippen LogP contribution >= 0.6 is 0 Å². The number of hydrogen-bond acceptors (Lipinski definition) is 5. The number of carbonyl (C=O) groups is 1. The number of para-hydroxylation sites is 1. The predicted octanol–water partition coefficient (Wildman–Crippen LogP) is 5.33. The molecule has 6 nitrogen and oxygen atoms in total. The molecule has 1 amide bonds. The molecule has 204 valence electrons. The highest BCUT2D eigenvalue weighted by Crippen LogP contribution is 2.37. The summed E-state index contributed by atoms with van der Waals surface area (Å²) in [5, 5.41) is 0. The number of piperazine rings is 1. The topological polar surface area (TPSA) is 56.8 Å². The zero-order valence-corrected chi connectivity index (χ0v) is 20.5. The number of rotatable bonds is 9. The van der Waals surface area contributed by atoms with Crippen LogP contribution in [0.25, 0.3) is 0 Å². The van der Waals surface area contributed by atoms with Crippen molar-refractivity contribution in [3.05, 3.63) is 59.2 Å². The summed E-state index contributed by atoms with van der Waals surface area (Å²) in [4.78, 5) is 17.6. The number of hydrogen-bond donors (Lipinski definition) is 2. The van der Waals surface area contributed by atoms with Gasteiger partial charge in [-0.25, -0.2) is 0 Å². The third-order valence-corrected chi connectivity index (χ3v) is 5.99. The first kappa shape index (κ1) is 28.6. The number of amides is 1. The van der Waals surface area contributed by atoms with E-state index in [1.165, 1.54) is 0 Å². The van der Waals surface area contributed by atoms with Crippen molar-refractivity contribution < 1.29 is 35.9 Å². The van der Waals surface area contributed by atoms with Crippen LogP contribution in [0.1, 0.15) is 43.0 Å². The molecule has 1 fully saturated rings. The third kappa shape index (κ3) is 7.51. The highest BCUT2D eigenvalue weighted by atomic mass is 19.4. The van der Waals surface area contributed by atoms with Crippen LogP contribution in [0, 0.1) is 0 Å². The summed E-state index contributed by atoms with van der Waals surface area (Å²) in [6.45, 7) is 7.64. The Morgan fingerprint density at radius 2 is 1.54 bits per heavy atom. The molecule has 3 rings (SSSR count). The van der Waals surface area contributed by atoms with Gasteiger partial charge in [0.1, 0.15) is 11.8 Å². The van der Waals surface area contributed by atoms with Gasteiger partial charge in [0.2, 0.25) is 0 Å². The fourth-order valence-corrected chi connectivity index (χ4v) is 4.29. The number of alkyl halides is 6. The molecule has 1 atom stereocenters. The lowest BCUT2D eigenvalue weighted by molar-refractivity contribution is -0.143. The van der Waals surface area contributed by atoms with Gasteiger partial charge < -0.3 is 9.64 Å². The molecule has 0 radical (unpaired) electrons. The molecule has 0 aromatic heterocycles. The molecule has 2 N–H and O–H groups in total.